The van der Waals surface area contributed by atoms with Crippen molar-refractivity contribution in [1.29, 1.82) is 0 Å². The van der Waals surface area contributed by atoms with Gasteiger partial charge in [0.2, 0.25) is 0 Å². The zero-order valence-corrected chi connectivity index (χ0v) is 19.7. The second kappa shape index (κ2) is 11.1. The lowest BCUT2D eigenvalue weighted by Gasteiger charge is -2.39. The topological polar surface area (TPSA) is 38.0 Å². The Bertz CT molecular complexity index is 840. The van der Waals surface area contributed by atoms with Crippen molar-refractivity contribution in [3.05, 3.63) is 107 Å². The SMILES string of the molecule is Cc1ccc(C(N[C@@H](C)CSSC[C@H](C)N)(c2ccccc2)c2ccccc2)cc1. The van der Waals surface area contributed by atoms with E-state index in [2.05, 4.69) is 111 Å². The van der Waals surface area contributed by atoms with Gasteiger partial charge in [0.25, 0.3) is 0 Å². The molecule has 2 nitrogen and oxygen atoms in total. The lowest BCUT2D eigenvalue weighted by atomic mass is 9.76. The quantitative estimate of drug-likeness (QED) is 0.232. The van der Waals surface area contributed by atoms with Crippen LogP contribution in [0.3, 0.4) is 0 Å². The first-order chi connectivity index (χ1) is 14.5. The van der Waals surface area contributed by atoms with E-state index in [9.17, 15) is 0 Å². The van der Waals surface area contributed by atoms with Crippen LogP contribution in [-0.2, 0) is 5.54 Å². The number of hydrogen-bond acceptors (Lipinski definition) is 4. The molecule has 3 rings (SSSR count). The second-order valence-electron chi connectivity index (χ2n) is 7.94. The average Bonchev–Trinajstić information content (AvgIpc) is 2.77. The van der Waals surface area contributed by atoms with Gasteiger partial charge >= 0.3 is 0 Å². The summed E-state index contributed by atoms with van der Waals surface area (Å²) >= 11 is 0. The fourth-order valence-electron chi connectivity index (χ4n) is 3.65. The van der Waals surface area contributed by atoms with Gasteiger partial charge in [0.15, 0.2) is 0 Å². The van der Waals surface area contributed by atoms with Crippen LogP contribution in [0.1, 0.15) is 36.1 Å². The van der Waals surface area contributed by atoms with Crippen molar-refractivity contribution < 1.29 is 0 Å². The van der Waals surface area contributed by atoms with Gasteiger partial charge in [0.1, 0.15) is 0 Å². The van der Waals surface area contributed by atoms with E-state index in [0.717, 1.165) is 11.5 Å². The van der Waals surface area contributed by atoms with Gasteiger partial charge in [-0.25, -0.2) is 0 Å². The van der Waals surface area contributed by atoms with Gasteiger partial charge in [-0.15, -0.1) is 0 Å². The first-order valence-corrected chi connectivity index (χ1v) is 13.0. The third-order valence-corrected chi connectivity index (χ3v) is 7.87. The molecule has 30 heavy (non-hydrogen) atoms. The zero-order chi connectivity index (χ0) is 21.4. The summed E-state index contributed by atoms with van der Waals surface area (Å²) in [7, 11) is 3.75. The van der Waals surface area contributed by atoms with Gasteiger partial charge in [0, 0.05) is 23.6 Å². The molecule has 0 aliphatic carbocycles. The smallest absolute Gasteiger partial charge is 0.0950 e. The Balaban J connectivity index is 2.01. The first kappa shape index (κ1) is 23.0. The molecular formula is C26H32N2S2. The maximum Gasteiger partial charge on any atom is 0.0950 e. The molecule has 0 aliphatic heterocycles. The third-order valence-electron chi connectivity index (χ3n) is 5.09. The maximum atomic E-state index is 5.90. The summed E-state index contributed by atoms with van der Waals surface area (Å²) in [5.74, 6) is 1.97. The van der Waals surface area contributed by atoms with E-state index in [1.807, 2.05) is 21.6 Å². The predicted octanol–water partition coefficient (Wildman–Crippen LogP) is 5.99. The number of hydrogen-bond donors (Lipinski definition) is 2. The van der Waals surface area contributed by atoms with Crippen molar-refractivity contribution in [3.8, 4) is 0 Å². The lowest BCUT2D eigenvalue weighted by Crippen LogP contribution is -2.49. The molecule has 0 saturated heterocycles. The summed E-state index contributed by atoms with van der Waals surface area (Å²) in [6, 6.07) is 31.0. The van der Waals surface area contributed by atoms with E-state index in [-0.39, 0.29) is 6.04 Å². The summed E-state index contributed by atoms with van der Waals surface area (Å²) in [5.41, 5.74) is 10.5. The molecule has 0 aliphatic rings. The maximum absolute atomic E-state index is 5.90. The fraction of sp³-hybridized carbons (Fsp3) is 0.308. The van der Waals surface area contributed by atoms with E-state index in [1.165, 1.54) is 22.3 Å². The molecule has 158 valence electrons. The van der Waals surface area contributed by atoms with Crippen LogP contribution in [0.2, 0.25) is 0 Å². The standard InChI is InChI=1S/C26H32N2S2/c1-20-14-16-25(17-15-20)26(23-10-6-4-7-11-23,24-12-8-5-9-13-24)28-22(3)19-30-29-18-21(2)27/h4-17,21-22,28H,18-19,27H2,1-3H3/t21-,22-/m0/s1. The van der Waals surface area contributed by atoms with Crippen LogP contribution in [0.25, 0.3) is 0 Å². The molecule has 0 spiro atoms. The molecule has 0 bridgehead atoms. The lowest BCUT2D eigenvalue weighted by molar-refractivity contribution is 0.428. The molecule has 0 aromatic heterocycles. The summed E-state index contributed by atoms with van der Waals surface area (Å²) in [6.07, 6.45) is 0. The molecule has 0 fully saturated rings. The molecule has 3 N–H and O–H groups in total. The van der Waals surface area contributed by atoms with E-state index in [1.54, 1.807) is 0 Å². The molecule has 0 saturated carbocycles. The first-order valence-electron chi connectivity index (χ1n) is 10.5. The van der Waals surface area contributed by atoms with Crippen molar-refractivity contribution in [1.82, 2.24) is 5.32 Å². The Morgan fingerprint density at radius 2 is 1.20 bits per heavy atom. The second-order valence-corrected chi connectivity index (χ2v) is 10.5. The molecule has 0 amide bonds. The Labute approximate surface area is 189 Å². The van der Waals surface area contributed by atoms with E-state index < -0.39 is 5.54 Å². The van der Waals surface area contributed by atoms with Crippen LogP contribution < -0.4 is 11.1 Å². The summed E-state index contributed by atoms with van der Waals surface area (Å²) in [6.45, 7) is 6.47. The van der Waals surface area contributed by atoms with E-state index >= 15 is 0 Å². The number of aryl methyl sites for hydroxylation is 1. The zero-order valence-electron chi connectivity index (χ0n) is 18.0. The molecule has 0 unspecified atom stereocenters. The van der Waals surface area contributed by atoms with Gasteiger partial charge in [-0.2, -0.15) is 0 Å². The average molecular weight is 437 g/mol. The van der Waals surface area contributed by atoms with Gasteiger partial charge in [0.05, 0.1) is 5.54 Å². The van der Waals surface area contributed by atoms with Crippen LogP contribution in [0, 0.1) is 6.92 Å². The van der Waals surface area contributed by atoms with Gasteiger partial charge < -0.3 is 5.73 Å². The van der Waals surface area contributed by atoms with Crippen LogP contribution >= 0.6 is 21.6 Å². The summed E-state index contributed by atoms with van der Waals surface area (Å²) in [5, 5.41) is 4.02. The van der Waals surface area contributed by atoms with E-state index in [4.69, 9.17) is 5.73 Å². The Kier molecular flexibility index (Phi) is 8.46. The Morgan fingerprint density at radius 1 is 0.733 bits per heavy atom. The minimum Gasteiger partial charge on any atom is -0.327 e. The van der Waals surface area contributed by atoms with Crippen LogP contribution in [-0.4, -0.2) is 23.6 Å². The number of benzene rings is 3. The highest BCUT2D eigenvalue weighted by atomic mass is 33.1. The Hall–Kier alpha value is -1.72. The van der Waals surface area contributed by atoms with Crippen LogP contribution in [0.5, 0.6) is 0 Å². The van der Waals surface area contributed by atoms with Crippen molar-refractivity contribution in [2.24, 2.45) is 5.73 Å². The predicted molar refractivity (Wildman–Crippen MR) is 135 cm³/mol. The molecule has 2 atom stereocenters. The molecule has 0 radical (unpaired) electrons. The normalized spacial score (nSPS) is 13.7. The highest BCUT2D eigenvalue weighted by Crippen LogP contribution is 2.38. The van der Waals surface area contributed by atoms with Crippen molar-refractivity contribution in [2.75, 3.05) is 11.5 Å². The van der Waals surface area contributed by atoms with Gasteiger partial charge in [-0.3, -0.25) is 5.32 Å². The van der Waals surface area contributed by atoms with Crippen LogP contribution in [0.4, 0.5) is 0 Å². The van der Waals surface area contributed by atoms with Gasteiger partial charge in [-0.05, 0) is 37.5 Å². The highest BCUT2D eigenvalue weighted by molar-refractivity contribution is 8.76. The molecular weight excluding hydrogens is 404 g/mol. The summed E-state index contributed by atoms with van der Waals surface area (Å²) < 4.78 is 0. The monoisotopic (exact) mass is 436 g/mol. The largest absolute Gasteiger partial charge is 0.327 e. The fourth-order valence-corrected chi connectivity index (χ4v) is 6.17. The molecule has 3 aromatic rings. The van der Waals surface area contributed by atoms with Crippen molar-refractivity contribution >= 4 is 21.6 Å². The number of rotatable bonds is 10. The number of nitrogens with two attached hydrogens (primary N) is 1. The Morgan fingerprint density at radius 3 is 1.70 bits per heavy atom. The van der Waals surface area contributed by atoms with Crippen molar-refractivity contribution in [2.45, 2.75) is 38.4 Å². The minimum atomic E-state index is -0.415. The van der Waals surface area contributed by atoms with E-state index in [0.29, 0.717) is 6.04 Å². The molecule has 3 aromatic carbocycles. The number of nitrogens with one attached hydrogen (secondary N) is 1. The molecule has 4 heteroatoms. The highest BCUT2D eigenvalue weighted by Gasteiger charge is 2.37. The van der Waals surface area contributed by atoms with Crippen LogP contribution in [0.15, 0.2) is 84.9 Å². The minimum absolute atomic E-state index is 0.228. The van der Waals surface area contributed by atoms with Crippen molar-refractivity contribution in [3.63, 3.8) is 0 Å². The third kappa shape index (κ3) is 5.70. The summed E-state index contributed by atoms with van der Waals surface area (Å²) in [4.78, 5) is 0. The molecule has 0 heterocycles. The van der Waals surface area contributed by atoms with Gasteiger partial charge in [-0.1, -0.05) is 112 Å².